The van der Waals surface area contributed by atoms with E-state index in [1.807, 2.05) is 24.3 Å². The standard InChI is InChI=1S/C17H27ClN4OS2/c1-13(24-4)11-20-17(21-12-16(23)22(2)3)19-9-10-25-15-7-5-14(18)6-8-15/h5-8,13H,9-12H2,1-4H3,(H2,19,20,21). The summed E-state index contributed by atoms with van der Waals surface area (Å²) in [6.07, 6.45) is 2.08. The molecule has 1 unspecified atom stereocenters. The van der Waals surface area contributed by atoms with Crippen molar-refractivity contribution in [2.45, 2.75) is 17.1 Å². The molecule has 1 atom stereocenters. The first kappa shape index (κ1) is 22.0. The molecule has 1 aromatic carbocycles. The fraction of sp³-hybridized carbons (Fsp3) is 0.529. The Hall–Kier alpha value is -1.05. The van der Waals surface area contributed by atoms with Crippen molar-refractivity contribution in [2.24, 2.45) is 4.99 Å². The molecule has 0 saturated heterocycles. The summed E-state index contributed by atoms with van der Waals surface area (Å²) in [5.41, 5.74) is 0. The van der Waals surface area contributed by atoms with E-state index >= 15 is 0 Å². The Bertz CT molecular complexity index is 552. The van der Waals surface area contributed by atoms with Crippen LogP contribution in [-0.2, 0) is 4.79 Å². The summed E-state index contributed by atoms with van der Waals surface area (Å²) in [6.45, 7) is 3.84. The van der Waals surface area contributed by atoms with E-state index in [9.17, 15) is 4.79 Å². The molecular formula is C17H27ClN4OS2. The predicted octanol–water partition coefficient (Wildman–Crippen LogP) is 2.81. The van der Waals surface area contributed by atoms with Crippen molar-refractivity contribution in [1.29, 1.82) is 0 Å². The Balaban J connectivity index is 2.46. The number of nitrogens with zero attached hydrogens (tertiary/aromatic N) is 2. The molecule has 1 aromatic rings. The van der Waals surface area contributed by atoms with E-state index in [4.69, 9.17) is 11.6 Å². The molecule has 0 spiro atoms. The number of hydrogen-bond acceptors (Lipinski definition) is 4. The summed E-state index contributed by atoms with van der Waals surface area (Å²) in [4.78, 5) is 18.8. The van der Waals surface area contributed by atoms with Crippen LogP contribution in [0.2, 0.25) is 5.02 Å². The highest BCUT2D eigenvalue weighted by Crippen LogP contribution is 2.19. The lowest BCUT2D eigenvalue weighted by Crippen LogP contribution is -2.41. The van der Waals surface area contributed by atoms with E-state index in [0.717, 1.165) is 23.9 Å². The van der Waals surface area contributed by atoms with Gasteiger partial charge in [-0.1, -0.05) is 18.5 Å². The Labute approximate surface area is 164 Å². The first-order chi connectivity index (χ1) is 11.9. The van der Waals surface area contributed by atoms with E-state index < -0.39 is 0 Å². The quantitative estimate of drug-likeness (QED) is 0.288. The molecule has 1 rings (SSSR count). The number of guanidine groups is 1. The Morgan fingerprint density at radius 2 is 1.96 bits per heavy atom. The Kier molecular flexibility index (Phi) is 10.8. The third kappa shape index (κ3) is 9.87. The van der Waals surface area contributed by atoms with Crippen LogP contribution in [0, 0.1) is 0 Å². The van der Waals surface area contributed by atoms with E-state index in [1.54, 1.807) is 42.5 Å². The highest BCUT2D eigenvalue weighted by molar-refractivity contribution is 7.99. The van der Waals surface area contributed by atoms with E-state index in [2.05, 4.69) is 28.8 Å². The van der Waals surface area contributed by atoms with Crippen molar-refractivity contribution in [1.82, 2.24) is 15.5 Å². The van der Waals surface area contributed by atoms with Gasteiger partial charge in [0.15, 0.2) is 5.96 Å². The molecule has 1 amide bonds. The molecule has 0 aliphatic rings. The SMILES string of the molecule is CSC(C)CNC(=NCC(=O)N(C)C)NCCSc1ccc(Cl)cc1. The van der Waals surface area contributed by atoms with E-state index in [0.29, 0.717) is 11.2 Å². The van der Waals surface area contributed by atoms with Crippen LogP contribution < -0.4 is 10.6 Å². The fourth-order valence-corrected chi connectivity index (χ4v) is 2.80. The van der Waals surface area contributed by atoms with E-state index in [-0.39, 0.29) is 12.5 Å². The number of likely N-dealkylation sites (N-methyl/N-ethyl adjacent to an activating group) is 1. The molecule has 0 radical (unpaired) electrons. The third-order valence-electron chi connectivity index (χ3n) is 3.31. The zero-order valence-corrected chi connectivity index (χ0v) is 17.6. The Morgan fingerprint density at radius 3 is 2.56 bits per heavy atom. The normalized spacial score (nSPS) is 12.6. The maximum Gasteiger partial charge on any atom is 0.243 e. The minimum Gasteiger partial charge on any atom is -0.356 e. The number of amides is 1. The third-order valence-corrected chi connectivity index (χ3v) is 5.54. The lowest BCUT2D eigenvalue weighted by atomic mass is 10.4. The highest BCUT2D eigenvalue weighted by Gasteiger charge is 2.06. The van der Waals surface area contributed by atoms with E-state index in [1.165, 1.54) is 4.90 Å². The van der Waals surface area contributed by atoms with Crippen molar-refractivity contribution >= 4 is 47.0 Å². The fourth-order valence-electron chi connectivity index (χ4n) is 1.66. The number of hydrogen-bond donors (Lipinski definition) is 2. The highest BCUT2D eigenvalue weighted by atomic mass is 35.5. The maximum absolute atomic E-state index is 11.7. The minimum absolute atomic E-state index is 0.0189. The van der Waals surface area contributed by atoms with Gasteiger partial charge in [-0.15, -0.1) is 11.8 Å². The first-order valence-electron chi connectivity index (χ1n) is 8.06. The van der Waals surface area contributed by atoms with Gasteiger partial charge in [-0.3, -0.25) is 4.79 Å². The topological polar surface area (TPSA) is 56.7 Å². The maximum atomic E-state index is 11.7. The molecule has 25 heavy (non-hydrogen) atoms. The summed E-state index contributed by atoms with van der Waals surface area (Å²) in [6, 6.07) is 7.80. The minimum atomic E-state index is -0.0189. The van der Waals surface area contributed by atoms with Gasteiger partial charge in [-0.2, -0.15) is 11.8 Å². The summed E-state index contributed by atoms with van der Waals surface area (Å²) in [5, 5.41) is 7.80. The molecule has 2 N–H and O–H groups in total. The molecule has 0 fully saturated rings. The summed E-state index contributed by atoms with van der Waals surface area (Å²) in [5.74, 6) is 1.55. The van der Waals surface area contributed by atoms with Crippen LogP contribution >= 0.6 is 35.1 Å². The lowest BCUT2D eigenvalue weighted by molar-refractivity contribution is -0.127. The Morgan fingerprint density at radius 1 is 1.28 bits per heavy atom. The van der Waals surface area contributed by atoms with Crippen molar-refractivity contribution in [3.63, 3.8) is 0 Å². The van der Waals surface area contributed by atoms with Crippen LogP contribution in [0.25, 0.3) is 0 Å². The van der Waals surface area contributed by atoms with Crippen LogP contribution in [-0.4, -0.2) is 67.8 Å². The number of aliphatic imine (C=N–C) groups is 1. The van der Waals surface area contributed by atoms with Crippen LogP contribution in [0.3, 0.4) is 0 Å². The average molecular weight is 403 g/mol. The second-order valence-corrected chi connectivity index (χ2v) is 8.49. The van der Waals surface area contributed by atoms with Gasteiger partial charge < -0.3 is 15.5 Å². The lowest BCUT2D eigenvalue weighted by Gasteiger charge is -2.16. The number of rotatable bonds is 9. The molecule has 0 saturated carbocycles. The van der Waals surface area contributed by atoms with Gasteiger partial charge in [0.25, 0.3) is 0 Å². The van der Waals surface area contributed by atoms with Crippen LogP contribution in [0.4, 0.5) is 0 Å². The molecule has 5 nitrogen and oxygen atoms in total. The van der Waals surface area contributed by atoms with Crippen LogP contribution in [0.1, 0.15) is 6.92 Å². The van der Waals surface area contributed by atoms with Gasteiger partial charge in [0.05, 0.1) is 0 Å². The van der Waals surface area contributed by atoms with Gasteiger partial charge in [0, 0.05) is 48.1 Å². The van der Waals surface area contributed by atoms with Crippen molar-refractivity contribution < 1.29 is 4.79 Å². The number of carbonyl (C=O) groups is 1. The molecule has 140 valence electrons. The predicted molar refractivity (Wildman–Crippen MR) is 112 cm³/mol. The number of carbonyl (C=O) groups excluding carboxylic acids is 1. The molecule has 0 aromatic heterocycles. The summed E-state index contributed by atoms with van der Waals surface area (Å²) < 4.78 is 0. The van der Waals surface area contributed by atoms with Crippen molar-refractivity contribution in [2.75, 3.05) is 45.7 Å². The summed E-state index contributed by atoms with van der Waals surface area (Å²) >= 11 is 9.42. The van der Waals surface area contributed by atoms with Crippen LogP contribution in [0.5, 0.6) is 0 Å². The molecule has 8 heteroatoms. The van der Waals surface area contributed by atoms with Crippen molar-refractivity contribution in [3.05, 3.63) is 29.3 Å². The molecule has 0 aliphatic heterocycles. The summed E-state index contributed by atoms with van der Waals surface area (Å²) in [7, 11) is 3.47. The molecule has 0 aliphatic carbocycles. The molecular weight excluding hydrogens is 376 g/mol. The smallest absolute Gasteiger partial charge is 0.243 e. The van der Waals surface area contributed by atoms with Gasteiger partial charge in [-0.05, 0) is 30.5 Å². The number of nitrogens with one attached hydrogen (secondary N) is 2. The zero-order valence-electron chi connectivity index (χ0n) is 15.2. The largest absolute Gasteiger partial charge is 0.356 e. The zero-order chi connectivity index (χ0) is 18.7. The number of thioether (sulfide) groups is 2. The van der Waals surface area contributed by atoms with Gasteiger partial charge >= 0.3 is 0 Å². The first-order valence-corrected chi connectivity index (χ1v) is 10.7. The molecule has 0 bridgehead atoms. The van der Waals surface area contributed by atoms with Gasteiger partial charge in [0.2, 0.25) is 5.91 Å². The number of benzene rings is 1. The number of halogens is 1. The molecule has 0 heterocycles. The second-order valence-electron chi connectivity index (χ2n) is 5.61. The van der Waals surface area contributed by atoms with Crippen LogP contribution in [0.15, 0.2) is 34.2 Å². The van der Waals surface area contributed by atoms with Gasteiger partial charge in [0.1, 0.15) is 6.54 Å². The second kappa shape index (κ2) is 12.3. The van der Waals surface area contributed by atoms with Gasteiger partial charge in [-0.25, -0.2) is 4.99 Å². The average Bonchev–Trinajstić information content (AvgIpc) is 2.60. The van der Waals surface area contributed by atoms with Crippen molar-refractivity contribution in [3.8, 4) is 0 Å². The monoisotopic (exact) mass is 402 g/mol.